The second kappa shape index (κ2) is 6.56. The van der Waals surface area contributed by atoms with Crippen LogP contribution in [0.5, 0.6) is 0 Å². The van der Waals surface area contributed by atoms with E-state index < -0.39 is 0 Å². The molecule has 1 aromatic carbocycles. The lowest BCUT2D eigenvalue weighted by Gasteiger charge is -2.23. The minimum atomic E-state index is -0.237. The first-order valence-electron chi connectivity index (χ1n) is 10.5. The van der Waals surface area contributed by atoms with Crippen molar-refractivity contribution in [3.8, 4) is 11.1 Å². The fourth-order valence-electron chi connectivity index (χ4n) is 4.66. The van der Waals surface area contributed by atoms with Crippen molar-refractivity contribution in [1.82, 2.24) is 15.0 Å². The highest BCUT2D eigenvalue weighted by atomic mass is 16.3. The first kappa shape index (κ1) is 17.0. The molecule has 1 saturated heterocycles. The number of aliphatic hydroxyl groups is 1. The highest BCUT2D eigenvalue weighted by Gasteiger charge is 2.22. The number of rotatable bonds is 3. The first-order valence-corrected chi connectivity index (χ1v) is 10.5. The molecular formula is C24H24N4O. The molecule has 1 saturated carbocycles. The molecule has 0 bridgehead atoms. The van der Waals surface area contributed by atoms with Gasteiger partial charge in [0, 0.05) is 47.5 Å². The number of β-amino-alcohol motifs (C(OH)–C–C–N with tert-alkyl or cyclic N) is 1. The summed E-state index contributed by atoms with van der Waals surface area (Å²) in [5.41, 5.74) is 5.64. The zero-order valence-electron chi connectivity index (χ0n) is 16.3. The standard InChI is InChI=1S/C24H24N4O/c29-20-6-7-28(14-20)19-8-18(11-25-13-19)16-4-5-17-12-26-24-22(21(17)9-16)10-23(27-24)15-2-1-3-15/h4-5,8-13,15,20,29H,1-3,6-7,14H2,(H,26,27). The second-order valence-electron chi connectivity index (χ2n) is 8.50. The summed E-state index contributed by atoms with van der Waals surface area (Å²) in [6, 6.07) is 11.0. The van der Waals surface area contributed by atoms with E-state index in [1.807, 2.05) is 18.6 Å². The molecule has 0 spiro atoms. The molecule has 146 valence electrons. The predicted octanol–water partition coefficient (Wildman–Crippen LogP) is 4.62. The van der Waals surface area contributed by atoms with Crippen LogP contribution in [0.3, 0.4) is 0 Å². The Bertz CT molecular complexity index is 1210. The second-order valence-corrected chi connectivity index (χ2v) is 8.50. The van der Waals surface area contributed by atoms with E-state index in [1.54, 1.807) is 0 Å². The maximum atomic E-state index is 9.86. The third-order valence-electron chi connectivity index (χ3n) is 6.62. The zero-order valence-corrected chi connectivity index (χ0v) is 16.3. The Morgan fingerprint density at radius 1 is 0.966 bits per heavy atom. The summed E-state index contributed by atoms with van der Waals surface area (Å²) in [7, 11) is 0. The van der Waals surface area contributed by atoms with Crippen molar-refractivity contribution in [2.45, 2.75) is 37.7 Å². The van der Waals surface area contributed by atoms with Crippen molar-refractivity contribution < 1.29 is 5.11 Å². The van der Waals surface area contributed by atoms with E-state index in [4.69, 9.17) is 0 Å². The van der Waals surface area contributed by atoms with Crippen LogP contribution in [0.4, 0.5) is 5.69 Å². The van der Waals surface area contributed by atoms with Crippen LogP contribution in [0.15, 0.2) is 48.9 Å². The van der Waals surface area contributed by atoms with E-state index in [9.17, 15) is 5.11 Å². The van der Waals surface area contributed by atoms with Crippen LogP contribution in [0.1, 0.15) is 37.3 Å². The number of anilines is 1. The van der Waals surface area contributed by atoms with E-state index in [1.165, 1.54) is 35.7 Å². The third-order valence-corrected chi connectivity index (χ3v) is 6.62. The molecule has 4 aromatic rings. The Balaban J connectivity index is 1.43. The molecule has 4 heterocycles. The van der Waals surface area contributed by atoms with Crippen LogP contribution in [-0.2, 0) is 0 Å². The number of H-pyrrole nitrogens is 1. The Hall–Kier alpha value is -2.92. The van der Waals surface area contributed by atoms with Gasteiger partial charge in [0.2, 0.25) is 0 Å². The molecule has 3 aromatic heterocycles. The fraction of sp³-hybridized carbons (Fsp3) is 0.333. The molecule has 2 aliphatic rings. The maximum Gasteiger partial charge on any atom is 0.138 e. The molecule has 1 unspecified atom stereocenters. The van der Waals surface area contributed by atoms with Gasteiger partial charge in [-0.1, -0.05) is 18.6 Å². The van der Waals surface area contributed by atoms with Gasteiger partial charge in [0.15, 0.2) is 0 Å². The number of benzene rings is 1. The molecule has 29 heavy (non-hydrogen) atoms. The van der Waals surface area contributed by atoms with E-state index in [-0.39, 0.29) is 6.10 Å². The number of pyridine rings is 2. The van der Waals surface area contributed by atoms with Crippen molar-refractivity contribution in [3.63, 3.8) is 0 Å². The zero-order chi connectivity index (χ0) is 19.4. The highest BCUT2D eigenvalue weighted by molar-refractivity contribution is 6.06. The van der Waals surface area contributed by atoms with Crippen LogP contribution < -0.4 is 4.90 Å². The van der Waals surface area contributed by atoms with Crippen molar-refractivity contribution >= 4 is 27.5 Å². The minimum Gasteiger partial charge on any atom is -0.391 e. The maximum absolute atomic E-state index is 9.86. The summed E-state index contributed by atoms with van der Waals surface area (Å²) in [5, 5.41) is 13.5. The molecule has 1 aliphatic heterocycles. The first-order chi connectivity index (χ1) is 14.2. The summed E-state index contributed by atoms with van der Waals surface area (Å²) in [5.74, 6) is 0.666. The van der Waals surface area contributed by atoms with Gasteiger partial charge in [-0.3, -0.25) is 4.98 Å². The van der Waals surface area contributed by atoms with Gasteiger partial charge in [-0.15, -0.1) is 0 Å². The lowest BCUT2D eigenvalue weighted by atomic mass is 9.83. The Morgan fingerprint density at radius 3 is 2.69 bits per heavy atom. The lowest BCUT2D eigenvalue weighted by molar-refractivity contribution is 0.198. The molecular weight excluding hydrogens is 360 g/mol. The topological polar surface area (TPSA) is 65.0 Å². The predicted molar refractivity (Wildman–Crippen MR) is 116 cm³/mol. The van der Waals surface area contributed by atoms with Gasteiger partial charge in [-0.2, -0.15) is 0 Å². The molecule has 2 N–H and O–H groups in total. The van der Waals surface area contributed by atoms with Gasteiger partial charge in [0.1, 0.15) is 5.65 Å². The van der Waals surface area contributed by atoms with E-state index in [0.717, 1.165) is 40.8 Å². The van der Waals surface area contributed by atoms with Gasteiger partial charge in [-0.05, 0) is 54.3 Å². The molecule has 2 fully saturated rings. The van der Waals surface area contributed by atoms with Crippen LogP contribution in [0, 0.1) is 0 Å². The highest BCUT2D eigenvalue weighted by Crippen LogP contribution is 2.38. The van der Waals surface area contributed by atoms with Crippen molar-refractivity contribution in [2.24, 2.45) is 0 Å². The van der Waals surface area contributed by atoms with Crippen molar-refractivity contribution in [2.75, 3.05) is 18.0 Å². The average molecular weight is 384 g/mol. The normalized spacial score (nSPS) is 19.9. The van der Waals surface area contributed by atoms with Gasteiger partial charge < -0.3 is 15.0 Å². The third kappa shape index (κ3) is 2.88. The van der Waals surface area contributed by atoms with Gasteiger partial charge in [0.25, 0.3) is 0 Å². The number of aromatic nitrogens is 3. The summed E-state index contributed by atoms with van der Waals surface area (Å²) in [6.07, 6.45) is 10.2. The minimum absolute atomic E-state index is 0.237. The van der Waals surface area contributed by atoms with Crippen LogP contribution in [-0.4, -0.2) is 39.3 Å². The number of nitrogens with one attached hydrogen (secondary N) is 1. The van der Waals surface area contributed by atoms with Gasteiger partial charge in [-0.25, -0.2) is 4.98 Å². The number of aromatic amines is 1. The smallest absolute Gasteiger partial charge is 0.138 e. The Morgan fingerprint density at radius 2 is 1.90 bits per heavy atom. The largest absolute Gasteiger partial charge is 0.391 e. The fourth-order valence-corrected chi connectivity index (χ4v) is 4.66. The Labute approximate surface area is 169 Å². The number of nitrogens with zero attached hydrogens (tertiary/aromatic N) is 3. The summed E-state index contributed by atoms with van der Waals surface area (Å²) >= 11 is 0. The molecule has 5 heteroatoms. The van der Waals surface area contributed by atoms with E-state index in [2.05, 4.69) is 50.2 Å². The number of fused-ring (bicyclic) bond motifs is 3. The van der Waals surface area contributed by atoms with Crippen molar-refractivity contribution in [1.29, 1.82) is 0 Å². The van der Waals surface area contributed by atoms with E-state index >= 15 is 0 Å². The molecule has 1 aliphatic carbocycles. The Kier molecular flexibility index (Phi) is 3.84. The number of hydrogen-bond acceptors (Lipinski definition) is 4. The quantitative estimate of drug-likeness (QED) is 0.541. The van der Waals surface area contributed by atoms with E-state index in [0.29, 0.717) is 12.5 Å². The lowest BCUT2D eigenvalue weighted by Crippen LogP contribution is -2.21. The average Bonchev–Trinajstić information content (AvgIpc) is 3.32. The van der Waals surface area contributed by atoms with Crippen LogP contribution in [0.25, 0.3) is 32.9 Å². The summed E-state index contributed by atoms with van der Waals surface area (Å²) < 4.78 is 0. The summed E-state index contributed by atoms with van der Waals surface area (Å²) in [6.45, 7) is 1.56. The van der Waals surface area contributed by atoms with Gasteiger partial charge >= 0.3 is 0 Å². The monoisotopic (exact) mass is 384 g/mol. The molecule has 0 radical (unpaired) electrons. The molecule has 0 amide bonds. The van der Waals surface area contributed by atoms with Gasteiger partial charge in [0.05, 0.1) is 18.0 Å². The van der Waals surface area contributed by atoms with Crippen LogP contribution >= 0.6 is 0 Å². The van der Waals surface area contributed by atoms with Crippen molar-refractivity contribution in [3.05, 3.63) is 54.6 Å². The molecule has 1 atom stereocenters. The summed E-state index contributed by atoms with van der Waals surface area (Å²) in [4.78, 5) is 14.9. The SMILES string of the molecule is OC1CCN(c2cncc(-c3ccc4cnc5[nH]c(C6CCC6)cc5c4c3)c2)C1. The van der Waals surface area contributed by atoms with Crippen LogP contribution in [0.2, 0.25) is 0 Å². The molecule has 6 rings (SSSR count). The number of aliphatic hydroxyl groups excluding tert-OH is 1. The molecule has 5 nitrogen and oxygen atoms in total. The number of hydrogen-bond donors (Lipinski definition) is 2.